The molecule has 1 atom stereocenters. The molecule has 0 bridgehead atoms. The highest BCUT2D eigenvalue weighted by Gasteiger charge is 2.26. The summed E-state index contributed by atoms with van der Waals surface area (Å²) < 4.78 is 1.85. The number of hydrogen-bond donors (Lipinski definition) is 1. The van der Waals surface area contributed by atoms with Crippen molar-refractivity contribution in [2.75, 3.05) is 24.5 Å². The predicted octanol–water partition coefficient (Wildman–Crippen LogP) is 2.91. The van der Waals surface area contributed by atoms with Crippen LogP contribution < -0.4 is 10.2 Å². The number of carbonyl (C=O) groups excluding carboxylic acids is 2. The van der Waals surface area contributed by atoms with Crippen LogP contribution in [0.1, 0.15) is 56.9 Å². The minimum atomic E-state index is -0.425. The lowest BCUT2D eigenvalue weighted by Gasteiger charge is -2.20. The van der Waals surface area contributed by atoms with Crippen LogP contribution in [0.3, 0.4) is 0 Å². The van der Waals surface area contributed by atoms with E-state index in [1.165, 1.54) is 0 Å². The van der Waals surface area contributed by atoms with Crippen LogP contribution in [0, 0.1) is 5.92 Å². The van der Waals surface area contributed by atoms with Crippen LogP contribution >= 0.6 is 0 Å². The maximum absolute atomic E-state index is 13.2. The van der Waals surface area contributed by atoms with Crippen molar-refractivity contribution in [3.05, 3.63) is 29.5 Å². The van der Waals surface area contributed by atoms with Gasteiger partial charge >= 0.3 is 0 Å². The average molecular weight is 409 g/mol. The van der Waals surface area contributed by atoms with Gasteiger partial charge < -0.3 is 10.2 Å². The monoisotopic (exact) mass is 408 g/mol. The summed E-state index contributed by atoms with van der Waals surface area (Å²) in [5, 5.41) is 8.12. The van der Waals surface area contributed by atoms with E-state index in [2.05, 4.69) is 20.3 Å². The van der Waals surface area contributed by atoms with Crippen molar-refractivity contribution in [1.82, 2.24) is 20.1 Å². The van der Waals surface area contributed by atoms with Crippen LogP contribution in [0.2, 0.25) is 0 Å². The molecule has 1 saturated heterocycles. The van der Waals surface area contributed by atoms with Crippen molar-refractivity contribution < 1.29 is 9.59 Å². The van der Waals surface area contributed by atoms with Gasteiger partial charge in [0.15, 0.2) is 5.65 Å². The second kappa shape index (κ2) is 8.01. The number of anilines is 1. The molecule has 30 heavy (non-hydrogen) atoms. The zero-order chi connectivity index (χ0) is 21.4. The number of aromatic nitrogens is 3. The lowest BCUT2D eigenvalue weighted by atomic mass is 9.95. The van der Waals surface area contributed by atoms with Gasteiger partial charge in [0.05, 0.1) is 23.1 Å². The number of hydrogen-bond acceptors (Lipinski definition) is 5. The molecule has 2 aromatic rings. The van der Waals surface area contributed by atoms with Gasteiger partial charge in [-0.1, -0.05) is 5.57 Å². The fourth-order valence-electron chi connectivity index (χ4n) is 4.13. The normalized spacial score (nSPS) is 19.4. The van der Waals surface area contributed by atoms with Crippen molar-refractivity contribution in [3.63, 3.8) is 0 Å². The topological polar surface area (TPSA) is 92.5 Å². The first-order chi connectivity index (χ1) is 14.3. The number of nitrogens with zero attached hydrogens (tertiary/aromatic N) is 5. The lowest BCUT2D eigenvalue weighted by Crippen LogP contribution is -2.35. The first-order valence-corrected chi connectivity index (χ1v) is 10.5. The highest BCUT2D eigenvalue weighted by atomic mass is 16.2. The Kier molecular flexibility index (Phi) is 5.40. The Bertz CT molecular complexity index is 1060. The van der Waals surface area contributed by atoms with Gasteiger partial charge in [0.2, 0.25) is 0 Å². The molecule has 1 N–H and O–H groups in total. The Morgan fingerprint density at radius 2 is 2.00 bits per heavy atom. The number of fused-ring (bicyclic) bond motifs is 1. The SMILES string of the molecule is CC1=CC(C)=NC(=O)C1CNC(=O)c1cc(N2CCCC2)nc2c1cnn2C(C)C. The minimum absolute atomic E-state index is 0.133. The molecule has 4 heterocycles. The first kappa shape index (κ1) is 20.3. The third kappa shape index (κ3) is 3.74. The van der Waals surface area contributed by atoms with Crippen molar-refractivity contribution >= 4 is 34.4 Å². The van der Waals surface area contributed by atoms with Crippen LogP contribution in [-0.2, 0) is 4.79 Å². The Morgan fingerprint density at radius 1 is 1.27 bits per heavy atom. The smallest absolute Gasteiger partial charge is 0.254 e. The standard InChI is InChI=1S/C22H28N6O2/c1-13(2)28-20-18(12-24-28)16(10-19(26-20)27-7-5-6-8-27)21(29)23-11-17-14(3)9-15(4)25-22(17)30/h9-10,12-13,17H,5-8,11H2,1-4H3,(H,23,29). The van der Waals surface area contributed by atoms with Crippen molar-refractivity contribution in [2.45, 2.75) is 46.6 Å². The Morgan fingerprint density at radius 3 is 2.67 bits per heavy atom. The molecule has 0 aromatic carbocycles. The number of nitrogens with one attached hydrogen (secondary N) is 1. The quantitative estimate of drug-likeness (QED) is 0.821. The summed E-state index contributed by atoms with van der Waals surface area (Å²) in [6, 6.07) is 1.98. The van der Waals surface area contributed by atoms with Gasteiger partial charge in [-0.15, -0.1) is 0 Å². The van der Waals surface area contributed by atoms with E-state index in [1.54, 1.807) is 13.1 Å². The Balaban J connectivity index is 1.64. The molecule has 1 fully saturated rings. The molecule has 0 radical (unpaired) electrons. The van der Waals surface area contributed by atoms with Crippen LogP contribution in [0.25, 0.3) is 11.0 Å². The fourth-order valence-corrected chi connectivity index (χ4v) is 4.13. The van der Waals surface area contributed by atoms with Gasteiger partial charge in [0.1, 0.15) is 5.82 Å². The van der Waals surface area contributed by atoms with E-state index in [9.17, 15) is 9.59 Å². The predicted molar refractivity (Wildman–Crippen MR) is 117 cm³/mol. The zero-order valence-corrected chi connectivity index (χ0v) is 18.0. The van der Waals surface area contributed by atoms with Gasteiger partial charge in [-0.3, -0.25) is 9.59 Å². The van der Waals surface area contributed by atoms with Crippen molar-refractivity contribution in [1.29, 1.82) is 0 Å². The molecular weight excluding hydrogens is 380 g/mol. The summed E-state index contributed by atoms with van der Waals surface area (Å²) in [5.74, 6) is -0.0555. The summed E-state index contributed by atoms with van der Waals surface area (Å²) in [7, 11) is 0. The second-order valence-electron chi connectivity index (χ2n) is 8.38. The van der Waals surface area contributed by atoms with E-state index >= 15 is 0 Å². The molecule has 4 rings (SSSR count). The molecule has 158 valence electrons. The van der Waals surface area contributed by atoms with Gasteiger partial charge in [0, 0.05) is 31.4 Å². The highest BCUT2D eigenvalue weighted by Crippen LogP contribution is 2.27. The Labute approximate surface area is 176 Å². The number of pyridine rings is 1. The third-order valence-corrected chi connectivity index (χ3v) is 5.75. The van der Waals surface area contributed by atoms with Crippen LogP contribution in [0.5, 0.6) is 0 Å². The van der Waals surface area contributed by atoms with Crippen LogP contribution in [0.15, 0.2) is 28.9 Å². The second-order valence-corrected chi connectivity index (χ2v) is 8.38. The van der Waals surface area contributed by atoms with Gasteiger partial charge in [-0.25, -0.2) is 14.7 Å². The molecule has 2 aromatic heterocycles. The molecule has 2 aliphatic heterocycles. The Hall–Kier alpha value is -3.03. The largest absolute Gasteiger partial charge is 0.357 e. The van der Waals surface area contributed by atoms with E-state index in [4.69, 9.17) is 4.98 Å². The van der Waals surface area contributed by atoms with Gasteiger partial charge in [-0.05, 0) is 52.7 Å². The number of rotatable bonds is 5. The number of aliphatic imine (C=N–C) groups is 1. The van der Waals surface area contributed by atoms with Gasteiger partial charge in [-0.2, -0.15) is 5.10 Å². The highest BCUT2D eigenvalue weighted by molar-refractivity contribution is 6.07. The summed E-state index contributed by atoms with van der Waals surface area (Å²) in [6.45, 7) is 9.88. The molecule has 0 saturated carbocycles. The molecule has 2 aliphatic rings. The minimum Gasteiger partial charge on any atom is -0.357 e. The summed E-state index contributed by atoms with van der Waals surface area (Å²) in [5.41, 5.74) is 2.87. The van der Waals surface area contributed by atoms with Crippen molar-refractivity contribution in [2.24, 2.45) is 10.9 Å². The number of amides is 2. The van der Waals surface area contributed by atoms with Gasteiger partial charge in [0.25, 0.3) is 11.8 Å². The molecular formula is C22H28N6O2. The van der Waals surface area contributed by atoms with Crippen LogP contribution in [0.4, 0.5) is 5.82 Å². The third-order valence-electron chi connectivity index (χ3n) is 5.75. The maximum atomic E-state index is 13.2. The fraction of sp³-hybridized carbons (Fsp3) is 0.500. The van der Waals surface area contributed by atoms with E-state index in [-0.39, 0.29) is 24.4 Å². The van der Waals surface area contributed by atoms with E-state index < -0.39 is 5.92 Å². The van der Waals surface area contributed by atoms with E-state index in [0.29, 0.717) is 16.9 Å². The van der Waals surface area contributed by atoms with Crippen molar-refractivity contribution in [3.8, 4) is 0 Å². The zero-order valence-electron chi connectivity index (χ0n) is 18.0. The lowest BCUT2D eigenvalue weighted by molar-refractivity contribution is -0.120. The molecule has 1 unspecified atom stereocenters. The summed E-state index contributed by atoms with van der Waals surface area (Å²) in [6.07, 6.45) is 5.84. The molecule has 0 spiro atoms. The number of dihydropyridines is 1. The average Bonchev–Trinajstić information content (AvgIpc) is 3.35. The molecule has 8 nitrogen and oxygen atoms in total. The first-order valence-electron chi connectivity index (χ1n) is 10.5. The number of allylic oxidation sites excluding steroid dienone is 1. The summed E-state index contributed by atoms with van der Waals surface area (Å²) in [4.78, 5) is 36.5. The van der Waals surface area contributed by atoms with Crippen LogP contribution in [-0.4, -0.2) is 51.9 Å². The molecule has 2 amide bonds. The van der Waals surface area contributed by atoms with E-state index in [0.717, 1.165) is 42.7 Å². The number of carbonyl (C=O) groups is 2. The maximum Gasteiger partial charge on any atom is 0.254 e. The molecule has 0 aliphatic carbocycles. The molecule has 8 heteroatoms. The summed E-state index contributed by atoms with van der Waals surface area (Å²) >= 11 is 0. The van der Waals surface area contributed by atoms with E-state index in [1.807, 2.05) is 37.6 Å².